The molecule has 3 heterocycles. The Balaban J connectivity index is 1.72. The first-order valence-electron chi connectivity index (χ1n) is 9.08. The summed E-state index contributed by atoms with van der Waals surface area (Å²) in [6.45, 7) is 1.91. The van der Waals surface area contributed by atoms with Gasteiger partial charge in [0.15, 0.2) is 0 Å². The third kappa shape index (κ3) is 4.11. The molecule has 0 amide bonds. The Kier molecular flexibility index (Phi) is 5.88. The molecule has 3 rings (SSSR count). The maximum atomic E-state index is 12.2. The highest BCUT2D eigenvalue weighted by molar-refractivity contribution is 5.72. The van der Waals surface area contributed by atoms with Crippen LogP contribution in [0.4, 0.5) is 0 Å². The molecule has 2 aromatic rings. The average molecular weight is 350 g/mol. The Labute approximate surface area is 146 Å². The van der Waals surface area contributed by atoms with E-state index in [1.165, 1.54) is 30.3 Å². The molecule has 1 aliphatic rings. The molecule has 0 radical (unpaired) electrons. The number of hydrogen-bond acceptors (Lipinski definition) is 6. The summed E-state index contributed by atoms with van der Waals surface area (Å²) in [6, 6.07) is 1.91. The molecule has 0 saturated carbocycles. The second-order valence-electron chi connectivity index (χ2n) is 6.68. The van der Waals surface area contributed by atoms with Crippen molar-refractivity contribution in [3.63, 3.8) is 0 Å². The zero-order valence-corrected chi connectivity index (χ0v) is 14.6. The molecule has 1 saturated heterocycles. The van der Waals surface area contributed by atoms with E-state index in [-0.39, 0.29) is 13.0 Å². The molecule has 0 aromatic carbocycles. The minimum Gasteiger partial charge on any atom is -0.443 e. The molecule has 0 aliphatic carbocycles. The lowest BCUT2D eigenvalue weighted by Crippen LogP contribution is -2.27. The van der Waals surface area contributed by atoms with Gasteiger partial charge in [0.2, 0.25) is 5.71 Å². The molecule has 25 heavy (non-hydrogen) atoms. The van der Waals surface area contributed by atoms with E-state index >= 15 is 0 Å². The number of aromatic nitrogens is 2. The molecule has 0 bridgehead atoms. The highest BCUT2D eigenvalue weighted by atomic mass is 16.5. The van der Waals surface area contributed by atoms with Gasteiger partial charge in [-0.1, -0.05) is 32.6 Å². The lowest BCUT2D eigenvalue weighted by Gasteiger charge is -2.13. The van der Waals surface area contributed by atoms with Gasteiger partial charge in [0, 0.05) is 19.0 Å². The van der Waals surface area contributed by atoms with E-state index in [0.717, 1.165) is 24.0 Å². The second kappa shape index (κ2) is 8.12. The Morgan fingerprint density at radius 1 is 1.32 bits per heavy atom. The van der Waals surface area contributed by atoms with Crippen LogP contribution in [0.2, 0.25) is 0 Å². The van der Waals surface area contributed by atoms with Crippen LogP contribution in [0.5, 0.6) is 0 Å². The Hall–Kier alpha value is -1.70. The monoisotopic (exact) mass is 350 g/mol. The van der Waals surface area contributed by atoms with Gasteiger partial charge in [0.1, 0.15) is 18.1 Å². The number of aliphatic hydroxyl groups excluding tert-OH is 2. The summed E-state index contributed by atoms with van der Waals surface area (Å²) in [6.07, 6.45) is 6.58. The molecule has 7 nitrogen and oxygen atoms in total. The topological polar surface area (TPSA) is 97.7 Å². The van der Waals surface area contributed by atoms with Gasteiger partial charge in [-0.05, 0) is 12.5 Å². The maximum Gasteiger partial charge on any atom is 0.353 e. The maximum absolute atomic E-state index is 12.2. The van der Waals surface area contributed by atoms with Gasteiger partial charge in [0.25, 0.3) is 0 Å². The van der Waals surface area contributed by atoms with Crippen LogP contribution in [-0.2, 0) is 11.2 Å². The molecule has 2 N–H and O–H groups in total. The van der Waals surface area contributed by atoms with Crippen molar-refractivity contribution in [1.82, 2.24) is 9.55 Å². The predicted molar refractivity (Wildman–Crippen MR) is 92.4 cm³/mol. The lowest BCUT2D eigenvalue weighted by atomic mass is 10.1. The zero-order valence-electron chi connectivity index (χ0n) is 14.6. The number of aliphatic hydroxyl groups is 2. The number of ether oxygens (including phenoxy) is 1. The van der Waals surface area contributed by atoms with Crippen LogP contribution in [-0.4, -0.2) is 38.6 Å². The van der Waals surface area contributed by atoms with Crippen molar-refractivity contribution < 1.29 is 19.4 Å². The molecule has 1 fully saturated rings. The smallest absolute Gasteiger partial charge is 0.353 e. The molecule has 0 spiro atoms. The summed E-state index contributed by atoms with van der Waals surface area (Å²) < 4.78 is 12.6. The summed E-state index contributed by atoms with van der Waals surface area (Å²) in [4.78, 5) is 16.2. The fraction of sp³-hybridized carbons (Fsp3) is 0.667. The van der Waals surface area contributed by atoms with Crippen molar-refractivity contribution in [3.05, 3.63) is 28.5 Å². The number of hydrogen-bond donors (Lipinski definition) is 2. The number of fused-ring (bicyclic) bond motifs is 1. The highest BCUT2D eigenvalue weighted by Crippen LogP contribution is 2.28. The molecule has 3 atom stereocenters. The first-order valence-corrected chi connectivity index (χ1v) is 9.08. The van der Waals surface area contributed by atoms with E-state index in [9.17, 15) is 15.0 Å². The third-order valence-corrected chi connectivity index (χ3v) is 4.71. The normalized spacial score (nSPS) is 23.6. The highest BCUT2D eigenvalue weighted by Gasteiger charge is 2.35. The average Bonchev–Trinajstić information content (AvgIpc) is 3.16. The molecule has 7 heteroatoms. The van der Waals surface area contributed by atoms with Gasteiger partial charge in [0.05, 0.1) is 18.1 Å². The van der Waals surface area contributed by atoms with Gasteiger partial charge >= 0.3 is 5.69 Å². The Bertz CT molecular complexity index is 753. The lowest BCUT2D eigenvalue weighted by molar-refractivity contribution is -0.0457. The van der Waals surface area contributed by atoms with Crippen molar-refractivity contribution in [2.24, 2.45) is 0 Å². The van der Waals surface area contributed by atoms with Crippen molar-refractivity contribution in [1.29, 1.82) is 0 Å². The number of rotatable bonds is 8. The van der Waals surface area contributed by atoms with Gasteiger partial charge < -0.3 is 19.4 Å². The summed E-state index contributed by atoms with van der Waals surface area (Å²) >= 11 is 0. The number of aryl methyl sites for hydroxylation is 1. The molecule has 1 aliphatic heterocycles. The summed E-state index contributed by atoms with van der Waals surface area (Å²) in [5.74, 6) is 0.830. The van der Waals surface area contributed by atoms with Crippen LogP contribution >= 0.6 is 0 Å². The van der Waals surface area contributed by atoms with Crippen LogP contribution in [0.25, 0.3) is 11.1 Å². The van der Waals surface area contributed by atoms with E-state index < -0.39 is 24.1 Å². The minimum absolute atomic E-state index is 0.250. The molecule has 3 unspecified atom stereocenters. The van der Waals surface area contributed by atoms with Crippen LogP contribution in [0.3, 0.4) is 0 Å². The predicted octanol–water partition coefficient (Wildman–Crippen LogP) is 2.14. The minimum atomic E-state index is -0.791. The molecule has 138 valence electrons. The Morgan fingerprint density at radius 2 is 2.12 bits per heavy atom. The van der Waals surface area contributed by atoms with Crippen molar-refractivity contribution in [2.75, 3.05) is 6.61 Å². The summed E-state index contributed by atoms with van der Waals surface area (Å²) in [5, 5.41) is 19.8. The van der Waals surface area contributed by atoms with Gasteiger partial charge in [-0.25, -0.2) is 4.79 Å². The van der Waals surface area contributed by atoms with E-state index in [0.29, 0.717) is 5.71 Å². The van der Waals surface area contributed by atoms with Crippen LogP contribution in [0, 0.1) is 0 Å². The van der Waals surface area contributed by atoms with Crippen LogP contribution in [0.1, 0.15) is 57.4 Å². The van der Waals surface area contributed by atoms with E-state index in [1.807, 2.05) is 6.07 Å². The summed E-state index contributed by atoms with van der Waals surface area (Å²) in [7, 11) is 0. The first kappa shape index (κ1) is 18.1. The number of unbranched alkanes of at least 4 members (excludes halogenated alkanes) is 4. The molecular weight excluding hydrogens is 324 g/mol. The zero-order chi connectivity index (χ0) is 17.8. The first-order chi connectivity index (χ1) is 12.1. The number of furan rings is 1. The molecular formula is C18H26N2O5. The second-order valence-corrected chi connectivity index (χ2v) is 6.68. The van der Waals surface area contributed by atoms with Gasteiger partial charge in [-0.3, -0.25) is 4.57 Å². The largest absolute Gasteiger partial charge is 0.443 e. The standard InChI is InChI=1S/C18H26N2O5/c1-2-3-4-5-6-7-13-8-12-10-20(18(23)19-17(12)24-13)16-9-14(22)15(11-21)25-16/h8,10,14-16,21-22H,2-7,9,11H2,1H3. The van der Waals surface area contributed by atoms with Crippen molar-refractivity contribution in [3.8, 4) is 0 Å². The van der Waals surface area contributed by atoms with Gasteiger partial charge in [-0.15, -0.1) is 0 Å². The number of nitrogens with zero attached hydrogens (tertiary/aromatic N) is 2. The van der Waals surface area contributed by atoms with Crippen LogP contribution in [0.15, 0.2) is 21.5 Å². The van der Waals surface area contributed by atoms with Gasteiger partial charge in [-0.2, -0.15) is 4.98 Å². The summed E-state index contributed by atoms with van der Waals surface area (Å²) in [5.41, 5.74) is -0.144. The fourth-order valence-corrected chi connectivity index (χ4v) is 3.26. The fourth-order valence-electron chi connectivity index (χ4n) is 3.26. The molecule has 2 aromatic heterocycles. The SMILES string of the molecule is CCCCCCCc1cc2cn(C3CC(O)C(CO)O3)c(=O)nc2o1. The van der Waals surface area contributed by atoms with E-state index in [4.69, 9.17) is 9.15 Å². The van der Waals surface area contributed by atoms with E-state index in [2.05, 4.69) is 11.9 Å². The van der Waals surface area contributed by atoms with Crippen LogP contribution < -0.4 is 5.69 Å². The quantitative estimate of drug-likeness (QED) is 0.708. The van der Waals surface area contributed by atoms with Crippen molar-refractivity contribution in [2.45, 2.75) is 70.3 Å². The van der Waals surface area contributed by atoms with Crippen molar-refractivity contribution >= 4 is 11.1 Å². The van der Waals surface area contributed by atoms with E-state index in [1.54, 1.807) is 6.20 Å². The Morgan fingerprint density at radius 3 is 2.84 bits per heavy atom. The third-order valence-electron chi connectivity index (χ3n) is 4.71.